The summed E-state index contributed by atoms with van der Waals surface area (Å²) in [5.74, 6) is 0.580. The zero-order valence-corrected chi connectivity index (χ0v) is 15.3. The van der Waals surface area contributed by atoms with E-state index in [1.807, 2.05) is 12.3 Å². The van der Waals surface area contributed by atoms with Crippen molar-refractivity contribution in [1.29, 1.82) is 0 Å². The first-order valence-corrected chi connectivity index (χ1v) is 9.28. The van der Waals surface area contributed by atoms with E-state index in [1.165, 1.54) is 23.1 Å². The van der Waals surface area contributed by atoms with Crippen LogP contribution in [0.25, 0.3) is 0 Å². The van der Waals surface area contributed by atoms with Crippen molar-refractivity contribution in [3.63, 3.8) is 0 Å². The molecule has 2 aromatic rings. The number of aryl methyl sites for hydroxylation is 1. The number of aromatic nitrogens is 2. The van der Waals surface area contributed by atoms with Gasteiger partial charge in [-0.3, -0.25) is 9.59 Å². The largest absolute Gasteiger partial charge is 0.466 e. The molecule has 7 nitrogen and oxygen atoms in total. The third-order valence-corrected chi connectivity index (χ3v) is 5.33. The number of nitrogens with zero attached hydrogens (tertiary/aromatic N) is 2. The summed E-state index contributed by atoms with van der Waals surface area (Å²) in [6.45, 7) is 5.80. The highest BCUT2D eigenvalue weighted by Crippen LogP contribution is 2.29. The average Bonchev–Trinajstić information content (AvgIpc) is 3.14. The molecule has 0 saturated carbocycles. The molecular formula is C15H19N3O4S2. The Bertz CT molecular complexity index is 698. The van der Waals surface area contributed by atoms with Gasteiger partial charge in [-0.05, 0) is 20.3 Å². The van der Waals surface area contributed by atoms with Crippen LogP contribution in [0, 0.1) is 6.92 Å². The van der Waals surface area contributed by atoms with Gasteiger partial charge < -0.3 is 14.6 Å². The molecule has 1 amide bonds. The second-order valence-electron chi connectivity index (χ2n) is 4.91. The summed E-state index contributed by atoms with van der Waals surface area (Å²) in [4.78, 5) is 28.2. The zero-order chi connectivity index (χ0) is 17.5. The van der Waals surface area contributed by atoms with Crippen LogP contribution in [0.5, 0.6) is 0 Å². The van der Waals surface area contributed by atoms with Gasteiger partial charge in [-0.2, -0.15) is 0 Å². The third kappa shape index (κ3) is 5.34. The first-order valence-electron chi connectivity index (χ1n) is 7.52. The Morgan fingerprint density at radius 3 is 2.88 bits per heavy atom. The molecule has 0 aliphatic carbocycles. The van der Waals surface area contributed by atoms with E-state index < -0.39 is 0 Å². The molecule has 0 saturated heterocycles. The maximum Gasteiger partial charge on any atom is 0.311 e. The third-order valence-electron chi connectivity index (χ3n) is 2.95. The second-order valence-corrected chi connectivity index (χ2v) is 7.22. The minimum atomic E-state index is -0.302. The van der Waals surface area contributed by atoms with Gasteiger partial charge in [0.15, 0.2) is 10.2 Å². The summed E-state index contributed by atoms with van der Waals surface area (Å²) >= 11 is 2.78. The van der Waals surface area contributed by atoms with Gasteiger partial charge in [-0.1, -0.05) is 23.8 Å². The quantitative estimate of drug-likeness (QED) is 0.564. The molecule has 0 unspecified atom stereocenters. The van der Waals surface area contributed by atoms with Gasteiger partial charge in [0.05, 0.1) is 24.0 Å². The number of carbonyl (C=O) groups is 2. The maximum atomic E-state index is 12.3. The summed E-state index contributed by atoms with van der Waals surface area (Å²) in [6.07, 6.45) is 0.784. The van der Waals surface area contributed by atoms with Crippen LogP contribution >= 0.6 is 23.1 Å². The SMILES string of the molecule is CCOC(=O)Cc1csc(S[C@@H](CC)C(=O)Nc2cc(C)on2)n1. The molecule has 2 rings (SSSR count). The Kier molecular flexibility index (Phi) is 6.80. The zero-order valence-electron chi connectivity index (χ0n) is 13.7. The highest BCUT2D eigenvalue weighted by atomic mass is 32.2. The van der Waals surface area contributed by atoms with Crippen molar-refractivity contribution in [2.45, 2.75) is 43.2 Å². The fraction of sp³-hybridized carbons (Fsp3) is 0.467. The van der Waals surface area contributed by atoms with E-state index in [9.17, 15) is 9.59 Å². The number of carbonyl (C=O) groups excluding carboxylic acids is 2. The number of ether oxygens (including phenoxy) is 1. The highest BCUT2D eigenvalue weighted by Gasteiger charge is 2.21. The maximum absolute atomic E-state index is 12.3. The number of nitrogens with one attached hydrogen (secondary N) is 1. The van der Waals surface area contributed by atoms with Crippen LogP contribution in [0.2, 0.25) is 0 Å². The van der Waals surface area contributed by atoms with Gasteiger partial charge >= 0.3 is 5.97 Å². The Balaban J connectivity index is 1.93. The molecule has 9 heteroatoms. The van der Waals surface area contributed by atoms with Crippen molar-refractivity contribution in [2.24, 2.45) is 0 Å². The minimum Gasteiger partial charge on any atom is -0.466 e. The molecule has 0 aromatic carbocycles. The van der Waals surface area contributed by atoms with Crippen molar-refractivity contribution in [1.82, 2.24) is 10.1 Å². The van der Waals surface area contributed by atoms with Gasteiger partial charge in [-0.15, -0.1) is 11.3 Å². The molecule has 0 fully saturated rings. The van der Waals surface area contributed by atoms with Crippen LogP contribution in [-0.2, 0) is 20.7 Å². The summed E-state index contributed by atoms with van der Waals surface area (Å²) < 4.78 is 10.6. The van der Waals surface area contributed by atoms with Crippen LogP contribution in [0.3, 0.4) is 0 Å². The lowest BCUT2D eigenvalue weighted by molar-refractivity contribution is -0.142. The number of thiazole rings is 1. The average molecular weight is 369 g/mol. The van der Waals surface area contributed by atoms with Crippen LogP contribution in [0.1, 0.15) is 31.7 Å². The Morgan fingerprint density at radius 2 is 2.25 bits per heavy atom. The summed E-state index contributed by atoms with van der Waals surface area (Å²) in [6, 6.07) is 1.66. The van der Waals surface area contributed by atoms with Crippen molar-refractivity contribution < 1.29 is 18.8 Å². The second kappa shape index (κ2) is 8.84. The number of hydrogen-bond donors (Lipinski definition) is 1. The molecule has 2 aromatic heterocycles. The predicted octanol–water partition coefficient (Wildman–Crippen LogP) is 3.05. The van der Waals surface area contributed by atoms with Crippen molar-refractivity contribution in [3.05, 3.63) is 22.9 Å². The minimum absolute atomic E-state index is 0.145. The van der Waals surface area contributed by atoms with Gasteiger partial charge in [0, 0.05) is 11.4 Å². The Labute approximate surface area is 148 Å². The first-order chi connectivity index (χ1) is 11.5. The molecule has 1 atom stereocenters. The van der Waals surface area contributed by atoms with Crippen LogP contribution in [0.15, 0.2) is 20.3 Å². The van der Waals surface area contributed by atoms with E-state index in [-0.39, 0.29) is 23.5 Å². The highest BCUT2D eigenvalue weighted by molar-refractivity contribution is 8.02. The molecule has 130 valence electrons. The number of rotatable bonds is 8. The van der Waals surface area contributed by atoms with Gasteiger partial charge in [-0.25, -0.2) is 4.98 Å². The topological polar surface area (TPSA) is 94.3 Å². The summed E-state index contributed by atoms with van der Waals surface area (Å²) in [5, 5.41) is 7.99. The summed E-state index contributed by atoms with van der Waals surface area (Å²) in [7, 11) is 0. The van der Waals surface area contributed by atoms with Crippen molar-refractivity contribution >= 4 is 40.8 Å². The lowest BCUT2D eigenvalue weighted by atomic mass is 10.3. The van der Waals surface area contributed by atoms with E-state index >= 15 is 0 Å². The Morgan fingerprint density at radius 1 is 1.46 bits per heavy atom. The normalized spacial score (nSPS) is 12.0. The first kappa shape index (κ1) is 18.5. The molecule has 0 bridgehead atoms. The lowest BCUT2D eigenvalue weighted by Crippen LogP contribution is -2.24. The molecular weight excluding hydrogens is 350 g/mol. The number of amides is 1. The van der Waals surface area contributed by atoms with Crippen LogP contribution in [-0.4, -0.2) is 33.9 Å². The van der Waals surface area contributed by atoms with Gasteiger partial charge in [0.2, 0.25) is 5.91 Å². The molecule has 0 aliphatic rings. The molecule has 0 aliphatic heterocycles. The number of hydrogen-bond acceptors (Lipinski definition) is 8. The van der Waals surface area contributed by atoms with Crippen molar-refractivity contribution in [3.8, 4) is 0 Å². The monoisotopic (exact) mass is 369 g/mol. The lowest BCUT2D eigenvalue weighted by Gasteiger charge is -2.11. The number of esters is 1. The van der Waals surface area contributed by atoms with Crippen LogP contribution in [0.4, 0.5) is 5.82 Å². The van der Waals surface area contributed by atoms with Gasteiger partial charge in [0.1, 0.15) is 5.76 Å². The van der Waals surface area contributed by atoms with E-state index in [1.54, 1.807) is 19.9 Å². The molecule has 0 spiro atoms. The van der Waals surface area contributed by atoms with Crippen LogP contribution < -0.4 is 5.32 Å². The van der Waals surface area contributed by atoms with Crippen molar-refractivity contribution in [2.75, 3.05) is 11.9 Å². The fourth-order valence-electron chi connectivity index (χ4n) is 1.86. The van der Waals surface area contributed by atoms with E-state index in [2.05, 4.69) is 15.5 Å². The molecule has 0 radical (unpaired) electrons. The number of thioether (sulfide) groups is 1. The number of anilines is 1. The Hall–Kier alpha value is -1.87. The standard InChI is InChI=1S/C15H19N3O4S2/c1-4-11(14(20)17-12-6-9(3)22-18-12)24-15-16-10(8-23-15)7-13(19)21-5-2/h6,8,11H,4-5,7H2,1-3H3,(H,17,18,20)/t11-/m0/s1. The predicted molar refractivity (Wildman–Crippen MR) is 92.3 cm³/mol. The smallest absolute Gasteiger partial charge is 0.311 e. The van der Waals surface area contributed by atoms with E-state index in [0.29, 0.717) is 30.3 Å². The fourth-order valence-corrected chi connectivity index (χ4v) is 3.86. The van der Waals surface area contributed by atoms with Gasteiger partial charge in [0.25, 0.3) is 0 Å². The molecule has 1 N–H and O–H groups in total. The van der Waals surface area contributed by atoms with E-state index in [4.69, 9.17) is 9.26 Å². The van der Waals surface area contributed by atoms with E-state index in [0.717, 1.165) is 4.34 Å². The summed E-state index contributed by atoms with van der Waals surface area (Å²) in [5.41, 5.74) is 0.656. The molecule has 2 heterocycles. The molecule has 24 heavy (non-hydrogen) atoms.